The summed E-state index contributed by atoms with van der Waals surface area (Å²) in [4.78, 5) is 30.8. The zero-order valence-corrected chi connectivity index (χ0v) is 21.3. The number of nitrogens with zero attached hydrogens (tertiary/aromatic N) is 2. The van der Waals surface area contributed by atoms with Gasteiger partial charge in [0.15, 0.2) is 0 Å². The Morgan fingerprint density at radius 2 is 1.48 bits per heavy atom. The third kappa shape index (κ3) is 6.26. The molecule has 0 spiro atoms. The molecule has 1 fully saturated rings. The Hall–Kier alpha value is -2.14. The smallest absolute Gasteiger partial charge is 0.277 e. The van der Waals surface area contributed by atoms with Gasteiger partial charge in [-0.25, -0.2) is 0 Å². The molecule has 2 aliphatic rings. The van der Waals surface area contributed by atoms with Crippen molar-refractivity contribution in [1.29, 1.82) is 0 Å². The fraction of sp³-hybridized carbons (Fsp3) is 0.643. The third-order valence-corrected chi connectivity index (χ3v) is 6.77. The normalized spacial score (nSPS) is 21.5. The Labute approximate surface area is 200 Å². The van der Waals surface area contributed by atoms with E-state index in [9.17, 15) is 9.59 Å². The number of ether oxygens (including phenoxy) is 1. The van der Waals surface area contributed by atoms with E-state index >= 15 is 0 Å². The van der Waals surface area contributed by atoms with E-state index < -0.39 is 0 Å². The van der Waals surface area contributed by atoms with Crippen LogP contribution >= 0.6 is 0 Å². The van der Waals surface area contributed by atoms with E-state index in [1.54, 1.807) is 0 Å². The van der Waals surface area contributed by atoms with Gasteiger partial charge in [-0.05, 0) is 45.2 Å². The van der Waals surface area contributed by atoms with E-state index in [1.165, 1.54) is 43.4 Å². The second-order valence-electron chi connectivity index (χ2n) is 9.94. The molecule has 1 saturated heterocycles. The maximum Gasteiger partial charge on any atom is 0.277 e. The minimum absolute atomic E-state index is 0.0197. The van der Waals surface area contributed by atoms with Gasteiger partial charge < -0.3 is 9.64 Å². The topological polar surface area (TPSA) is 49.9 Å². The van der Waals surface area contributed by atoms with Crippen LogP contribution in [-0.4, -0.2) is 53.5 Å². The molecule has 0 saturated carbocycles. The molecule has 5 heteroatoms. The molecule has 182 valence electrons. The van der Waals surface area contributed by atoms with E-state index in [4.69, 9.17) is 4.74 Å². The maximum absolute atomic E-state index is 13.6. The van der Waals surface area contributed by atoms with Crippen LogP contribution < -0.4 is 0 Å². The fourth-order valence-electron chi connectivity index (χ4n) is 5.16. The predicted octanol–water partition coefficient (Wildman–Crippen LogP) is 5.63. The Bertz CT molecular complexity index is 866. The van der Waals surface area contributed by atoms with Crippen molar-refractivity contribution in [3.8, 4) is 0 Å². The summed E-state index contributed by atoms with van der Waals surface area (Å²) >= 11 is 0. The number of amides is 2. The number of aryl methyl sites for hydroxylation is 2. The Morgan fingerprint density at radius 1 is 0.879 bits per heavy atom. The van der Waals surface area contributed by atoms with Crippen LogP contribution in [0.15, 0.2) is 23.9 Å². The Morgan fingerprint density at radius 3 is 2.09 bits per heavy atom. The number of morpholine rings is 1. The molecule has 2 aliphatic heterocycles. The van der Waals surface area contributed by atoms with E-state index in [0.717, 1.165) is 29.5 Å². The monoisotopic (exact) mass is 454 g/mol. The molecule has 0 radical (unpaired) electrons. The second kappa shape index (κ2) is 11.8. The molecule has 33 heavy (non-hydrogen) atoms. The molecule has 2 unspecified atom stereocenters. The summed E-state index contributed by atoms with van der Waals surface area (Å²) in [7, 11) is 0. The summed E-state index contributed by atoms with van der Waals surface area (Å²) < 4.78 is 5.90. The summed E-state index contributed by atoms with van der Waals surface area (Å²) in [5.74, 6) is -0.282. The minimum atomic E-state index is -0.142. The van der Waals surface area contributed by atoms with Gasteiger partial charge in [0.1, 0.15) is 5.70 Å². The number of benzene rings is 1. The van der Waals surface area contributed by atoms with Crippen molar-refractivity contribution in [3.05, 3.63) is 40.6 Å². The summed E-state index contributed by atoms with van der Waals surface area (Å²) in [6, 6.07) is 6.11. The Balaban J connectivity index is 1.76. The van der Waals surface area contributed by atoms with Crippen molar-refractivity contribution in [1.82, 2.24) is 9.80 Å². The standard InChI is InChI=1S/C28H42N2O3/c1-6-7-8-9-10-11-12-13-16-30-27(31)25(24-15-14-20(2)17-21(24)3)26(28(30)32)29-18-22(4)33-23(5)19-29/h14-15,17,22-23H,6-13,16,18-19H2,1-5H3. The minimum Gasteiger partial charge on any atom is -0.372 e. The van der Waals surface area contributed by atoms with E-state index in [2.05, 4.69) is 17.9 Å². The van der Waals surface area contributed by atoms with Crippen LogP contribution in [0.25, 0.3) is 5.57 Å². The van der Waals surface area contributed by atoms with Gasteiger partial charge >= 0.3 is 0 Å². The van der Waals surface area contributed by atoms with Gasteiger partial charge in [0, 0.05) is 19.6 Å². The highest BCUT2D eigenvalue weighted by atomic mass is 16.5. The number of unbranched alkanes of at least 4 members (excludes halogenated alkanes) is 7. The molecule has 0 aliphatic carbocycles. The lowest BCUT2D eigenvalue weighted by Crippen LogP contribution is -2.47. The number of hydrogen-bond donors (Lipinski definition) is 0. The van der Waals surface area contributed by atoms with E-state index in [-0.39, 0.29) is 24.0 Å². The molecule has 0 N–H and O–H groups in total. The first-order chi connectivity index (χ1) is 15.8. The highest BCUT2D eigenvalue weighted by molar-refractivity contribution is 6.35. The summed E-state index contributed by atoms with van der Waals surface area (Å²) in [6.45, 7) is 12.1. The average Bonchev–Trinajstić information content (AvgIpc) is 2.99. The van der Waals surface area contributed by atoms with Crippen molar-refractivity contribution in [2.24, 2.45) is 0 Å². The molecule has 1 aromatic carbocycles. The molecule has 2 atom stereocenters. The zero-order valence-electron chi connectivity index (χ0n) is 21.3. The van der Waals surface area contributed by atoms with Gasteiger partial charge in [-0.1, -0.05) is 75.6 Å². The first-order valence-electron chi connectivity index (χ1n) is 12.9. The van der Waals surface area contributed by atoms with E-state index in [0.29, 0.717) is 30.9 Å². The first kappa shape index (κ1) is 25.5. The largest absolute Gasteiger partial charge is 0.372 e. The fourth-order valence-corrected chi connectivity index (χ4v) is 5.16. The molecule has 1 aromatic rings. The lowest BCUT2D eigenvalue weighted by atomic mass is 9.97. The molecule has 5 nitrogen and oxygen atoms in total. The van der Waals surface area contributed by atoms with Crippen molar-refractivity contribution >= 4 is 17.4 Å². The van der Waals surface area contributed by atoms with Crippen LogP contribution in [0.4, 0.5) is 0 Å². The van der Waals surface area contributed by atoms with Gasteiger partial charge in [0.25, 0.3) is 11.8 Å². The van der Waals surface area contributed by atoms with Crippen LogP contribution in [0.1, 0.15) is 88.8 Å². The van der Waals surface area contributed by atoms with Gasteiger partial charge in [-0.15, -0.1) is 0 Å². The lowest BCUT2D eigenvalue weighted by Gasteiger charge is -2.37. The quantitative estimate of drug-likeness (QED) is 0.321. The van der Waals surface area contributed by atoms with E-state index in [1.807, 2.05) is 39.8 Å². The predicted molar refractivity (Wildman–Crippen MR) is 134 cm³/mol. The first-order valence-corrected chi connectivity index (χ1v) is 12.9. The van der Waals surface area contributed by atoms with Crippen molar-refractivity contribution in [2.75, 3.05) is 19.6 Å². The third-order valence-electron chi connectivity index (χ3n) is 6.77. The van der Waals surface area contributed by atoms with Crippen LogP contribution in [0.3, 0.4) is 0 Å². The van der Waals surface area contributed by atoms with Gasteiger partial charge in [-0.2, -0.15) is 0 Å². The zero-order chi connectivity index (χ0) is 24.0. The lowest BCUT2D eigenvalue weighted by molar-refractivity contribution is -0.138. The summed E-state index contributed by atoms with van der Waals surface area (Å²) in [5.41, 5.74) is 4.19. The van der Waals surface area contributed by atoms with Crippen LogP contribution in [0, 0.1) is 13.8 Å². The maximum atomic E-state index is 13.6. The van der Waals surface area contributed by atoms with Gasteiger partial charge in [0.05, 0.1) is 17.8 Å². The van der Waals surface area contributed by atoms with Crippen molar-refractivity contribution < 1.29 is 14.3 Å². The highest BCUT2D eigenvalue weighted by Gasteiger charge is 2.43. The number of imide groups is 1. The van der Waals surface area contributed by atoms with Crippen molar-refractivity contribution in [3.63, 3.8) is 0 Å². The molecular formula is C28H42N2O3. The molecular weight excluding hydrogens is 412 g/mol. The average molecular weight is 455 g/mol. The molecule has 3 rings (SSSR count). The highest BCUT2D eigenvalue weighted by Crippen LogP contribution is 2.35. The van der Waals surface area contributed by atoms with Crippen molar-refractivity contribution in [2.45, 2.75) is 98.2 Å². The molecule has 2 amide bonds. The number of rotatable bonds is 11. The van der Waals surface area contributed by atoms with Gasteiger partial charge in [0.2, 0.25) is 0 Å². The van der Waals surface area contributed by atoms with Crippen LogP contribution in [0.2, 0.25) is 0 Å². The van der Waals surface area contributed by atoms with Crippen LogP contribution in [0.5, 0.6) is 0 Å². The van der Waals surface area contributed by atoms with Crippen LogP contribution in [-0.2, 0) is 14.3 Å². The summed E-state index contributed by atoms with van der Waals surface area (Å²) in [5, 5.41) is 0. The molecule has 0 aromatic heterocycles. The molecule has 2 heterocycles. The molecule has 0 bridgehead atoms. The number of carbonyl (C=O) groups is 2. The second-order valence-corrected chi connectivity index (χ2v) is 9.94. The number of hydrogen-bond acceptors (Lipinski definition) is 4. The Kier molecular flexibility index (Phi) is 9.13. The SMILES string of the molecule is CCCCCCCCCCN1C(=O)C(c2ccc(C)cc2C)=C(N2CC(C)OC(C)C2)C1=O. The number of carbonyl (C=O) groups excluding carboxylic acids is 2. The summed E-state index contributed by atoms with van der Waals surface area (Å²) in [6.07, 6.45) is 9.54. The van der Waals surface area contributed by atoms with Gasteiger partial charge in [-0.3, -0.25) is 14.5 Å².